The molecule has 3 heterocycles. The molecule has 0 spiro atoms. The van der Waals surface area contributed by atoms with Crippen molar-refractivity contribution in [1.82, 2.24) is 0 Å². The number of ketones is 1. The highest BCUT2D eigenvalue weighted by Crippen LogP contribution is 2.38. The molecule has 2 bridgehead atoms. The van der Waals surface area contributed by atoms with Crippen molar-refractivity contribution < 1.29 is 84.4 Å². The van der Waals surface area contributed by atoms with Gasteiger partial charge in [0.2, 0.25) is 0 Å². The SMILES string of the molecule is C[C@@H]1[C@H](O)[C@@H](C)/C=C/C=C/C=C/C=C/C=C/C=C/C=C/C(O[C@@H]2O[C@H](C)[C@@H](O)[C@H](N)[C@@H]2O)C[C@@H]2O[C@](O)(C[C@@H](O)[C@H](O)CCC(=O)CC(O)C[C@@H](O)CC(=O)O[C@H]1C)C[C@H](O)[C@H]2C(=O)O. The van der Waals surface area contributed by atoms with Gasteiger partial charge < -0.3 is 75.7 Å². The second-order valence-corrected chi connectivity index (χ2v) is 17.4. The molecule has 3 aliphatic heterocycles. The lowest BCUT2D eigenvalue weighted by Gasteiger charge is -2.45. The first-order valence-corrected chi connectivity index (χ1v) is 22.2. The van der Waals surface area contributed by atoms with Crippen molar-refractivity contribution in [3.63, 3.8) is 0 Å². The summed E-state index contributed by atoms with van der Waals surface area (Å²) in [5.74, 6) is -7.51. The smallest absolute Gasteiger partial charge is 0.311 e. The molecule has 0 amide bonds. The van der Waals surface area contributed by atoms with E-state index in [4.69, 9.17) is 24.7 Å². The Bertz CT molecular complexity index is 1710. The zero-order valence-electron chi connectivity index (χ0n) is 37.5. The predicted molar refractivity (Wildman–Crippen MR) is 236 cm³/mol. The first-order valence-electron chi connectivity index (χ1n) is 22.2. The summed E-state index contributed by atoms with van der Waals surface area (Å²) < 4.78 is 23.1. The molecule has 2 fully saturated rings. The Morgan fingerprint density at radius 3 is 1.82 bits per heavy atom. The van der Waals surface area contributed by atoms with Crippen LogP contribution in [0.25, 0.3) is 0 Å². The van der Waals surface area contributed by atoms with Crippen molar-refractivity contribution >= 4 is 17.7 Å². The third-order valence-corrected chi connectivity index (χ3v) is 11.9. The average Bonchev–Trinajstić information content (AvgIpc) is 3.21. The number of ether oxygens (including phenoxy) is 4. The third-order valence-electron chi connectivity index (χ3n) is 11.9. The number of hydrogen-bond donors (Lipinski definition) is 11. The lowest BCUT2D eigenvalue weighted by Crippen LogP contribution is -2.61. The van der Waals surface area contributed by atoms with Crippen molar-refractivity contribution in [3.8, 4) is 0 Å². The summed E-state index contributed by atoms with van der Waals surface area (Å²) >= 11 is 0. The summed E-state index contributed by atoms with van der Waals surface area (Å²) in [7, 11) is 0. The summed E-state index contributed by atoms with van der Waals surface area (Å²) in [5.41, 5.74) is 6.01. The third kappa shape index (κ3) is 18.5. The molecule has 2 unspecified atom stereocenters. The van der Waals surface area contributed by atoms with Gasteiger partial charge in [-0.1, -0.05) is 98.9 Å². The number of aliphatic hydroxyl groups excluding tert-OH is 8. The van der Waals surface area contributed by atoms with Gasteiger partial charge in [0, 0.05) is 50.4 Å². The topological polar surface area (TPSA) is 316 Å². The molecular formula is C47H71NO17. The van der Waals surface area contributed by atoms with E-state index in [0.717, 1.165) is 0 Å². The summed E-state index contributed by atoms with van der Waals surface area (Å²) in [5, 5.41) is 107. The number of rotatable bonds is 3. The van der Waals surface area contributed by atoms with Crippen LogP contribution in [-0.2, 0) is 33.3 Å². The molecule has 18 nitrogen and oxygen atoms in total. The number of carbonyl (C=O) groups is 3. The van der Waals surface area contributed by atoms with Gasteiger partial charge in [-0.3, -0.25) is 14.4 Å². The highest BCUT2D eigenvalue weighted by molar-refractivity contribution is 5.78. The molecule has 0 aliphatic carbocycles. The second kappa shape index (κ2) is 27.2. The summed E-state index contributed by atoms with van der Waals surface area (Å²) in [6, 6.07) is -1.15. The standard InChI is InChI=1S/C47H71NO17/c1-27-17-15-13-11-9-7-5-6-8-10-12-14-16-18-34(64-46-44(58)41(48)43(57)30(4)63-46)24-38-40(45(59)60)37(54)26-47(61,65-38)25-36(53)35(52)20-19-31(49)21-32(50)22-33(51)23-39(55)62-29(3)28(2)42(27)56/h5-18,27-30,32-38,40-44,46,50-54,56-58,61H,19-26,48H2,1-4H3,(H,59,60)/b6-5+,9-7+,10-8+,13-11+,14-12+,17-15+,18-16+/t27-,28-,29-,30+,32?,33+,34?,35+,36+,37-,38-,40+,41-,42+,43+,44-,46-,47+/m0/s1. The summed E-state index contributed by atoms with van der Waals surface area (Å²) in [6.45, 7) is 6.70. The van der Waals surface area contributed by atoms with E-state index in [1.54, 1.807) is 86.8 Å². The Morgan fingerprint density at radius 1 is 0.692 bits per heavy atom. The molecule has 3 rings (SSSR count). The van der Waals surface area contributed by atoms with Crippen molar-refractivity contribution in [2.45, 2.75) is 170 Å². The van der Waals surface area contributed by atoms with Gasteiger partial charge in [0.25, 0.3) is 0 Å². The molecule has 0 saturated carbocycles. The number of cyclic esters (lactones) is 1. The number of nitrogens with two attached hydrogens (primary N) is 1. The molecule has 0 aromatic rings. The van der Waals surface area contributed by atoms with Crippen LogP contribution in [0.15, 0.2) is 85.1 Å². The van der Waals surface area contributed by atoms with Crippen LogP contribution in [0.2, 0.25) is 0 Å². The number of Topliss-reactive ketones (excluding diaryl/α,β-unsaturated/α-hetero) is 1. The lowest BCUT2D eigenvalue weighted by atomic mass is 9.82. The molecule has 3 aliphatic rings. The molecule has 18 heteroatoms. The Kier molecular flexibility index (Phi) is 23.2. The molecule has 0 aromatic carbocycles. The number of hydrogen-bond acceptors (Lipinski definition) is 17. The monoisotopic (exact) mass is 921 g/mol. The van der Waals surface area contributed by atoms with Gasteiger partial charge in [-0.15, -0.1) is 0 Å². The van der Waals surface area contributed by atoms with Gasteiger partial charge in [0.15, 0.2) is 12.1 Å². The normalized spacial score (nSPS) is 44.4. The number of carboxylic acids is 1. The minimum absolute atomic E-state index is 0.291. The van der Waals surface area contributed by atoms with E-state index in [-0.39, 0.29) is 31.6 Å². The number of carboxylic acid groups (broad SMARTS) is 1. The van der Waals surface area contributed by atoms with E-state index in [0.29, 0.717) is 0 Å². The van der Waals surface area contributed by atoms with E-state index >= 15 is 0 Å². The van der Waals surface area contributed by atoms with E-state index in [9.17, 15) is 65.4 Å². The van der Waals surface area contributed by atoms with Crippen LogP contribution in [0.4, 0.5) is 0 Å². The van der Waals surface area contributed by atoms with Gasteiger partial charge in [-0.25, -0.2) is 0 Å². The highest BCUT2D eigenvalue weighted by Gasteiger charge is 2.51. The van der Waals surface area contributed by atoms with E-state index in [2.05, 4.69) is 0 Å². The van der Waals surface area contributed by atoms with Crippen LogP contribution in [0.3, 0.4) is 0 Å². The van der Waals surface area contributed by atoms with Crippen molar-refractivity contribution in [1.29, 1.82) is 0 Å². The molecule has 366 valence electrons. The minimum atomic E-state index is -2.38. The molecule has 0 aromatic heterocycles. The summed E-state index contributed by atoms with van der Waals surface area (Å²) in [4.78, 5) is 37.8. The maximum Gasteiger partial charge on any atom is 0.311 e. The number of esters is 1. The van der Waals surface area contributed by atoms with Crippen molar-refractivity contribution in [3.05, 3.63) is 85.1 Å². The van der Waals surface area contributed by atoms with Crippen LogP contribution in [0.1, 0.15) is 79.1 Å². The van der Waals surface area contributed by atoms with E-state index < -0.39 is 147 Å². The van der Waals surface area contributed by atoms with Crippen LogP contribution >= 0.6 is 0 Å². The Balaban J connectivity index is 1.86. The molecule has 12 N–H and O–H groups in total. The summed E-state index contributed by atoms with van der Waals surface area (Å²) in [6.07, 6.45) is 3.67. The van der Waals surface area contributed by atoms with Gasteiger partial charge >= 0.3 is 11.9 Å². The van der Waals surface area contributed by atoms with Gasteiger partial charge in [-0.2, -0.15) is 0 Å². The zero-order valence-corrected chi connectivity index (χ0v) is 37.5. The van der Waals surface area contributed by atoms with Gasteiger partial charge in [-0.05, 0) is 20.3 Å². The maximum absolute atomic E-state index is 12.7. The first kappa shape index (κ1) is 55.6. The number of allylic oxidation sites excluding steroid dienone is 12. The fourth-order valence-electron chi connectivity index (χ4n) is 7.82. The molecule has 2 saturated heterocycles. The Labute approximate surface area is 380 Å². The average molecular weight is 922 g/mol. The van der Waals surface area contributed by atoms with Crippen LogP contribution < -0.4 is 5.73 Å². The van der Waals surface area contributed by atoms with E-state index in [1.807, 2.05) is 13.0 Å². The van der Waals surface area contributed by atoms with Crippen LogP contribution in [0, 0.1) is 17.8 Å². The maximum atomic E-state index is 12.7. The van der Waals surface area contributed by atoms with Crippen molar-refractivity contribution in [2.75, 3.05) is 0 Å². The highest BCUT2D eigenvalue weighted by atomic mass is 16.7. The number of aliphatic carboxylic acids is 1. The molecular weight excluding hydrogens is 851 g/mol. The first-order chi connectivity index (χ1) is 30.6. The lowest BCUT2D eigenvalue weighted by molar-refractivity contribution is -0.310. The largest absolute Gasteiger partial charge is 0.481 e. The second-order valence-electron chi connectivity index (χ2n) is 17.4. The van der Waals surface area contributed by atoms with Crippen molar-refractivity contribution in [2.24, 2.45) is 23.5 Å². The van der Waals surface area contributed by atoms with Gasteiger partial charge in [0.05, 0.1) is 73.5 Å². The number of carbonyl (C=O) groups excluding carboxylic acids is 2. The minimum Gasteiger partial charge on any atom is -0.481 e. The number of aliphatic hydroxyl groups is 9. The predicted octanol–water partition coefficient (Wildman–Crippen LogP) is 0.920. The van der Waals surface area contributed by atoms with E-state index in [1.165, 1.54) is 13.0 Å². The molecule has 18 atom stereocenters. The van der Waals surface area contributed by atoms with Crippen LogP contribution in [0.5, 0.6) is 0 Å². The fourth-order valence-corrected chi connectivity index (χ4v) is 7.82. The Hall–Kier alpha value is -3.73. The fraction of sp³-hybridized carbons (Fsp3) is 0.638. The molecule has 0 radical (unpaired) electrons. The van der Waals surface area contributed by atoms with Gasteiger partial charge in [0.1, 0.15) is 23.9 Å². The van der Waals surface area contributed by atoms with Crippen LogP contribution in [-0.4, -0.2) is 160 Å². The Morgan fingerprint density at radius 2 is 1.23 bits per heavy atom. The number of fused-ring (bicyclic) bond motifs is 2. The zero-order chi connectivity index (χ0) is 48.4. The quantitative estimate of drug-likeness (QED) is 0.175. The molecule has 65 heavy (non-hydrogen) atoms.